The normalized spacial score (nSPS) is 14.3. The Morgan fingerprint density at radius 2 is 2.04 bits per heavy atom. The first kappa shape index (κ1) is 17.2. The molecule has 138 valence electrons. The van der Waals surface area contributed by atoms with Crippen LogP contribution in [0.1, 0.15) is 12.0 Å². The summed E-state index contributed by atoms with van der Waals surface area (Å²) in [5.41, 5.74) is 3.51. The summed E-state index contributed by atoms with van der Waals surface area (Å²) in [6.45, 7) is 0.452. The Balaban J connectivity index is 1.30. The van der Waals surface area contributed by atoms with Gasteiger partial charge in [-0.2, -0.15) is 0 Å². The first-order valence-electron chi connectivity index (χ1n) is 8.87. The quantitative estimate of drug-likeness (QED) is 0.621. The number of rotatable bonds is 6. The number of para-hydroxylation sites is 2. The summed E-state index contributed by atoms with van der Waals surface area (Å²) in [6, 6.07) is 13.2. The molecule has 0 spiro atoms. The van der Waals surface area contributed by atoms with Crippen molar-refractivity contribution >= 4 is 28.4 Å². The number of anilines is 2. The van der Waals surface area contributed by atoms with Crippen LogP contribution in [0.4, 0.5) is 11.5 Å². The third-order valence-corrected chi connectivity index (χ3v) is 4.38. The maximum Gasteiger partial charge on any atom is 0.224 e. The lowest BCUT2D eigenvalue weighted by Crippen LogP contribution is -2.26. The fraction of sp³-hybridized carbons (Fsp3) is 0.250. The number of hydrogen-bond donors (Lipinski definition) is 3. The molecule has 27 heavy (non-hydrogen) atoms. The van der Waals surface area contributed by atoms with Gasteiger partial charge in [0.15, 0.2) is 0 Å². The molecule has 7 nitrogen and oxygen atoms in total. The van der Waals surface area contributed by atoms with E-state index in [-0.39, 0.29) is 12.5 Å². The van der Waals surface area contributed by atoms with Crippen LogP contribution in [0, 0.1) is 0 Å². The number of aryl methyl sites for hydroxylation is 1. The molecule has 4 rings (SSSR count). The Hall–Kier alpha value is -3.19. The minimum atomic E-state index is -0.700. The summed E-state index contributed by atoms with van der Waals surface area (Å²) in [7, 11) is 0. The van der Waals surface area contributed by atoms with Gasteiger partial charge in [0.1, 0.15) is 24.3 Å². The van der Waals surface area contributed by atoms with E-state index in [1.807, 2.05) is 36.4 Å². The molecule has 2 heterocycles. The van der Waals surface area contributed by atoms with Crippen molar-refractivity contribution in [2.24, 2.45) is 0 Å². The van der Waals surface area contributed by atoms with E-state index in [2.05, 4.69) is 20.6 Å². The molecule has 0 radical (unpaired) electrons. The number of carbonyl (C=O) groups is 1. The Kier molecular flexibility index (Phi) is 4.84. The molecule has 1 aliphatic heterocycles. The van der Waals surface area contributed by atoms with Crippen molar-refractivity contribution in [3.8, 4) is 5.75 Å². The van der Waals surface area contributed by atoms with Gasteiger partial charge in [-0.25, -0.2) is 4.98 Å². The van der Waals surface area contributed by atoms with Crippen LogP contribution in [0.2, 0.25) is 0 Å². The lowest BCUT2D eigenvalue weighted by Gasteiger charge is -2.18. The van der Waals surface area contributed by atoms with Gasteiger partial charge >= 0.3 is 0 Å². The summed E-state index contributed by atoms with van der Waals surface area (Å²) in [5, 5.41) is 16.1. The average Bonchev–Trinajstić information content (AvgIpc) is 2.70. The van der Waals surface area contributed by atoms with Gasteiger partial charge in [0.25, 0.3) is 0 Å². The lowest BCUT2D eigenvalue weighted by atomic mass is 10.0. The van der Waals surface area contributed by atoms with E-state index in [1.54, 1.807) is 12.3 Å². The van der Waals surface area contributed by atoms with Gasteiger partial charge in [-0.3, -0.25) is 9.78 Å². The number of nitrogens with zero attached hydrogens (tertiary/aromatic N) is 2. The SMILES string of the molecule is O=C1CCc2cc(OCC(O)CNc3cnc4ccccc4n3)ccc2N1. The number of aliphatic hydroxyl groups is 1. The summed E-state index contributed by atoms with van der Waals surface area (Å²) in [6.07, 6.45) is 2.13. The maximum atomic E-state index is 11.4. The van der Waals surface area contributed by atoms with E-state index >= 15 is 0 Å². The minimum absolute atomic E-state index is 0.0365. The Labute approximate surface area is 156 Å². The van der Waals surface area contributed by atoms with E-state index in [1.165, 1.54) is 0 Å². The highest BCUT2D eigenvalue weighted by Crippen LogP contribution is 2.26. The number of carbonyl (C=O) groups excluding carboxylic acids is 1. The van der Waals surface area contributed by atoms with Crippen molar-refractivity contribution in [3.63, 3.8) is 0 Å². The number of amides is 1. The zero-order chi connectivity index (χ0) is 18.6. The monoisotopic (exact) mass is 364 g/mol. The predicted octanol–water partition coefficient (Wildman–Crippen LogP) is 2.37. The largest absolute Gasteiger partial charge is 0.491 e. The number of nitrogens with one attached hydrogen (secondary N) is 2. The third-order valence-electron chi connectivity index (χ3n) is 4.38. The number of aliphatic hydroxyl groups excluding tert-OH is 1. The zero-order valence-corrected chi connectivity index (χ0v) is 14.7. The fourth-order valence-electron chi connectivity index (χ4n) is 2.97. The molecule has 1 unspecified atom stereocenters. The van der Waals surface area contributed by atoms with E-state index in [4.69, 9.17) is 4.74 Å². The molecule has 0 fully saturated rings. The van der Waals surface area contributed by atoms with Gasteiger partial charge in [0.05, 0.1) is 17.2 Å². The van der Waals surface area contributed by atoms with Crippen LogP contribution in [0.15, 0.2) is 48.7 Å². The average molecular weight is 364 g/mol. The molecule has 0 saturated carbocycles. The molecule has 1 amide bonds. The number of aromatic nitrogens is 2. The van der Waals surface area contributed by atoms with E-state index in [9.17, 15) is 9.90 Å². The topological polar surface area (TPSA) is 96.4 Å². The van der Waals surface area contributed by atoms with Crippen molar-refractivity contribution in [1.29, 1.82) is 0 Å². The summed E-state index contributed by atoms with van der Waals surface area (Å²) in [5.74, 6) is 1.32. The fourth-order valence-corrected chi connectivity index (χ4v) is 2.97. The smallest absolute Gasteiger partial charge is 0.224 e. The molecular formula is C20H20N4O3. The van der Waals surface area contributed by atoms with Gasteiger partial charge < -0.3 is 20.5 Å². The van der Waals surface area contributed by atoms with E-state index in [0.29, 0.717) is 31.0 Å². The summed E-state index contributed by atoms with van der Waals surface area (Å²) >= 11 is 0. The number of hydrogen-bond acceptors (Lipinski definition) is 6. The first-order valence-corrected chi connectivity index (χ1v) is 8.87. The van der Waals surface area contributed by atoms with Crippen LogP contribution in [0.5, 0.6) is 5.75 Å². The van der Waals surface area contributed by atoms with Crippen molar-refractivity contribution in [3.05, 3.63) is 54.2 Å². The van der Waals surface area contributed by atoms with Crippen LogP contribution < -0.4 is 15.4 Å². The molecule has 3 aromatic rings. The minimum Gasteiger partial charge on any atom is -0.491 e. The number of fused-ring (bicyclic) bond motifs is 2. The van der Waals surface area contributed by atoms with Gasteiger partial charge in [-0.15, -0.1) is 0 Å². The van der Waals surface area contributed by atoms with Crippen molar-refractivity contribution < 1.29 is 14.6 Å². The highest BCUT2D eigenvalue weighted by Gasteiger charge is 2.15. The van der Waals surface area contributed by atoms with Crippen molar-refractivity contribution in [2.75, 3.05) is 23.8 Å². The van der Waals surface area contributed by atoms with E-state index in [0.717, 1.165) is 22.3 Å². The van der Waals surface area contributed by atoms with Crippen molar-refractivity contribution in [2.45, 2.75) is 18.9 Å². The molecule has 0 saturated heterocycles. The standard InChI is InChI=1S/C20H20N4O3/c25-14(10-22-19-11-21-17-3-1-2-4-18(17)23-19)12-27-15-6-7-16-13(9-15)5-8-20(26)24-16/h1-4,6-7,9,11,14,25H,5,8,10,12H2,(H,22,23)(H,24,26). The van der Waals surface area contributed by atoms with E-state index < -0.39 is 6.10 Å². The zero-order valence-electron chi connectivity index (χ0n) is 14.7. The second-order valence-electron chi connectivity index (χ2n) is 6.46. The highest BCUT2D eigenvalue weighted by atomic mass is 16.5. The van der Waals surface area contributed by atoms with Crippen LogP contribution in [-0.4, -0.2) is 40.2 Å². The molecule has 1 atom stereocenters. The van der Waals surface area contributed by atoms with Crippen LogP contribution >= 0.6 is 0 Å². The predicted molar refractivity (Wildman–Crippen MR) is 103 cm³/mol. The molecule has 0 bridgehead atoms. The van der Waals surface area contributed by atoms with Crippen molar-refractivity contribution in [1.82, 2.24) is 9.97 Å². The summed E-state index contributed by atoms with van der Waals surface area (Å²) < 4.78 is 5.68. The Bertz CT molecular complexity index is 976. The maximum absolute atomic E-state index is 11.4. The lowest BCUT2D eigenvalue weighted by molar-refractivity contribution is -0.116. The Morgan fingerprint density at radius 1 is 1.19 bits per heavy atom. The van der Waals surface area contributed by atoms with Crippen LogP contribution in [0.25, 0.3) is 11.0 Å². The molecule has 3 N–H and O–H groups in total. The molecular weight excluding hydrogens is 344 g/mol. The molecule has 7 heteroatoms. The summed E-state index contributed by atoms with van der Waals surface area (Å²) in [4.78, 5) is 20.2. The van der Waals surface area contributed by atoms with Crippen LogP contribution in [-0.2, 0) is 11.2 Å². The Morgan fingerprint density at radius 3 is 2.93 bits per heavy atom. The second-order valence-corrected chi connectivity index (χ2v) is 6.46. The first-order chi connectivity index (χ1) is 13.2. The molecule has 2 aromatic carbocycles. The van der Waals surface area contributed by atoms with Gasteiger partial charge in [-0.05, 0) is 42.3 Å². The number of ether oxygens (including phenoxy) is 1. The molecule has 1 aliphatic rings. The highest BCUT2D eigenvalue weighted by molar-refractivity contribution is 5.94. The van der Waals surface area contributed by atoms with Crippen LogP contribution in [0.3, 0.4) is 0 Å². The third kappa shape index (κ3) is 4.15. The molecule has 0 aliphatic carbocycles. The number of benzene rings is 2. The van der Waals surface area contributed by atoms with Gasteiger partial charge in [0, 0.05) is 18.7 Å². The van der Waals surface area contributed by atoms with Gasteiger partial charge in [-0.1, -0.05) is 12.1 Å². The molecule has 1 aromatic heterocycles. The van der Waals surface area contributed by atoms with Gasteiger partial charge in [0.2, 0.25) is 5.91 Å². The second kappa shape index (κ2) is 7.59.